The largest absolute Gasteiger partial charge is 0.334 e. The number of carbonyl (C=O) groups is 1. The summed E-state index contributed by atoms with van der Waals surface area (Å²) < 4.78 is 0. The molecule has 4 nitrogen and oxygen atoms in total. The number of piperidine rings is 1. The van der Waals surface area contributed by atoms with E-state index in [-0.39, 0.29) is 12.1 Å². The smallest absolute Gasteiger partial charge is 0.318 e. The highest BCUT2D eigenvalue weighted by Gasteiger charge is 2.25. The molecule has 1 fully saturated rings. The van der Waals surface area contributed by atoms with Gasteiger partial charge < -0.3 is 10.2 Å². The van der Waals surface area contributed by atoms with Gasteiger partial charge in [0.25, 0.3) is 0 Å². The number of urea groups is 1. The first-order chi connectivity index (χ1) is 8.81. The Morgan fingerprint density at radius 3 is 2.89 bits per heavy atom. The van der Waals surface area contributed by atoms with Gasteiger partial charge in [0, 0.05) is 13.1 Å². The third kappa shape index (κ3) is 3.01. The maximum absolute atomic E-state index is 12.0. The standard InChI is InChI=1S/C14H17N3O/c15-10-13-8-4-5-9-17(13)14(18)16-11-12-6-2-1-3-7-12/h1-3,6-7,13H,4-5,8-9,11H2,(H,16,18). The molecule has 0 radical (unpaired) electrons. The number of hydrogen-bond donors (Lipinski definition) is 1. The van der Waals surface area contributed by atoms with Crippen LogP contribution in [0.25, 0.3) is 0 Å². The lowest BCUT2D eigenvalue weighted by molar-refractivity contribution is 0.169. The van der Waals surface area contributed by atoms with Crippen molar-refractivity contribution in [3.8, 4) is 6.07 Å². The van der Waals surface area contributed by atoms with Crippen LogP contribution in [0.1, 0.15) is 24.8 Å². The van der Waals surface area contributed by atoms with Crippen LogP contribution < -0.4 is 5.32 Å². The van der Waals surface area contributed by atoms with E-state index in [0.717, 1.165) is 24.8 Å². The van der Waals surface area contributed by atoms with Crippen molar-refractivity contribution in [1.82, 2.24) is 10.2 Å². The predicted molar refractivity (Wildman–Crippen MR) is 68.6 cm³/mol. The van der Waals surface area contributed by atoms with Gasteiger partial charge in [-0.3, -0.25) is 0 Å². The van der Waals surface area contributed by atoms with Crippen LogP contribution in [0.4, 0.5) is 4.79 Å². The monoisotopic (exact) mass is 243 g/mol. The van der Waals surface area contributed by atoms with Crippen LogP contribution in [0, 0.1) is 11.3 Å². The van der Waals surface area contributed by atoms with Gasteiger partial charge in [0.2, 0.25) is 0 Å². The zero-order valence-electron chi connectivity index (χ0n) is 10.3. The average molecular weight is 243 g/mol. The van der Waals surface area contributed by atoms with E-state index < -0.39 is 0 Å². The number of nitrogens with zero attached hydrogens (tertiary/aromatic N) is 2. The molecule has 1 aliphatic heterocycles. The van der Waals surface area contributed by atoms with Crippen LogP contribution in [0.3, 0.4) is 0 Å². The topological polar surface area (TPSA) is 56.1 Å². The Hall–Kier alpha value is -2.02. The van der Waals surface area contributed by atoms with E-state index in [4.69, 9.17) is 5.26 Å². The molecule has 2 rings (SSSR count). The van der Waals surface area contributed by atoms with Crippen molar-refractivity contribution < 1.29 is 4.79 Å². The number of likely N-dealkylation sites (tertiary alicyclic amines) is 1. The summed E-state index contributed by atoms with van der Waals surface area (Å²) in [5, 5.41) is 11.9. The second kappa shape index (κ2) is 6.06. The molecule has 94 valence electrons. The predicted octanol–water partition coefficient (Wildman–Crippen LogP) is 2.27. The summed E-state index contributed by atoms with van der Waals surface area (Å²) in [5.74, 6) is 0. The fraction of sp³-hybridized carbons (Fsp3) is 0.429. The molecule has 1 atom stereocenters. The van der Waals surface area contributed by atoms with E-state index >= 15 is 0 Å². The van der Waals surface area contributed by atoms with Gasteiger partial charge in [-0.15, -0.1) is 0 Å². The van der Waals surface area contributed by atoms with E-state index in [1.807, 2.05) is 30.3 Å². The summed E-state index contributed by atoms with van der Waals surface area (Å²) in [7, 11) is 0. The first-order valence-corrected chi connectivity index (χ1v) is 6.29. The van der Waals surface area contributed by atoms with Crippen molar-refractivity contribution in [2.75, 3.05) is 6.54 Å². The molecule has 1 heterocycles. The van der Waals surface area contributed by atoms with Crippen molar-refractivity contribution in [2.45, 2.75) is 31.8 Å². The lowest BCUT2D eigenvalue weighted by atomic mass is 10.0. The molecule has 18 heavy (non-hydrogen) atoms. The molecular formula is C14H17N3O. The summed E-state index contributed by atoms with van der Waals surface area (Å²) in [6, 6.07) is 11.6. The molecule has 2 amide bonds. The molecule has 1 N–H and O–H groups in total. The molecule has 0 aliphatic carbocycles. The minimum Gasteiger partial charge on any atom is -0.334 e. The quantitative estimate of drug-likeness (QED) is 0.866. The van der Waals surface area contributed by atoms with Gasteiger partial charge in [0.1, 0.15) is 6.04 Å². The van der Waals surface area contributed by atoms with Crippen LogP contribution in [-0.2, 0) is 6.54 Å². The molecule has 0 aromatic heterocycles. The normalized spacial score (nSPS) is 19.1. The highest BCUT2D eigenvalue weighted by atomic mass is 16.2. The molecule has 0 saturated carbocycles. The molecule has 1 saturated heterocycles. The van der Waals surface area contributed by atoms with Gasteiger partial charge in [-0.05, 0) is 24.8 Å². The second-order valence-corrected chi connectivity index (χ2v) is 4.48. The Labute approximate surface area is 107 Å². The van der Waals surface area contributed by atoms with Gasteiger partial charge >= 0.3 is 6.03 Å². The summed E-state index contributed by atoms with van der Waals surface area (Å²) in [6.07, 6.45) is 2.80. The van der Waals surface area contributed by atoms with Crippen LogP contribution in [0.15, 0.2) is 30.3 Å². The van der Waals surface area contributed by atoms with Crippen LogP contribution in [0.5, 0.6) is 0 Å². The summed E-state index contributed by atoms with van der Waals surface area (Å²) in [4.78, 5) is 13.6. The van der Waals surface area contributed by atoms with E-state index in [2.05, 4.69) is 11.4 Å². The van der Waals surface area contributed by atoms with Gasteiger partial charge in [-0.1, -0.05) is 30.3 Å². The average Bonchev–Trinajstić information content (AvgIpc) is 2.45. The van der Waals surface area contributed by atoms with Gasteiger partial charge in [-0.25, -0.2) is 4.79 Å². The minimum absolute atomic E-state index is 0.134. The lowest BCUT2D eigenvalue weighted by Gasteiger charge is -2.31. The Balaban J connectivity index is 1.89. The number of carbonyl (C=O) groups excluding carboxylic acids is 1. The first-order valence-electron chi connectivity index (χ1n) is 6.29. The Bertz CT molecular complexity index is 438. The van der Waals surface area contributed by atoms with Crippen molar-refractivity contribution in [1.29, 1.82) is 5.26 Å². The van der Waals surface area contributed by atoms with Gasteiger partial charge in [0.05, 0.1) is 6.07 Å². The fourth-order valence-corrected chi connectivity index (χ4v) is 2.18. The number of benzene rings is 1. The van der Waals surface area contributed by atoms with Crippen molar-refractivity contribution in [2.24, 2.45) is 0 Å². The number of amides is 2. The lowest BCUT2D eigenvalue weighted by Crippen LogP contribution is -2.47. The summed E-state index contributed by atoms with van der Waals surface area (Å²) >= 11 is 0. The van der Waals surface area contributed by atoms with Crippen LogP contribution >= 0.6 is 0 Å². The van der Waals surface area contributed by atoms with E-state index in [1.165, 1.54) is 0 Å². The summed E-state index contributed by atoms with van der Waals surface area (Å²) in [5.41, 5.74) is 1.07. The molecule has 1 unspecified atom stereocenters. The zero-order chi connectivity index (χ0) is 12.8. The third-order valence-electron chi connectivity index (χ3n) is 3.20. The zero-order valence-corrected chi connectivity index (χ0v) is 10.3. The Morgan fingerprint density at radius 2 is 2.17 bits per heavy atom. The second-order valence-electron chi connectivity index (χ2n) is 4.48. The molecule has 1 aliphatic rings. The van der Waals surface area contributed by atoms with Gasteiger partial charge in [0.15, 0.2) is 0 Å². The molecule has 1 aromatic rings. The number of nitriles is 1. The molecule has 0 spiro atoms. The van der Waals surface area contributed by atoms with E-state index in [1.54, 1.807) is 4.90 Å². The minimum atomic E-state index is -0.269. The van der Waals surface area contributed by atoms with Crippen molar-refractivity contribution >= 4 is 6.03 Å². The van der Waals surface area contributed by atoms with Crippen molar-refractivity contribution in [3.05, 3.63) is 35.9 Å². The molecule has 0 bridgehead atoms. The van der Waals surface area contributed by atoms with Crippen LogP contribution in [-0.4, -0.2) is 23.5 Å². The number of rotatable bonds is 2. The highest BCUT2D eigenvalue weighted by molar-refractivity contribution is 5.75. The van der Waals surface area contributed by atoms with E-state index in [0.29, 0.717) is 13.1 Å². The maximum atomic E-state index is 12.0. The Kier molecular flexibility index (Phi) is 4.19. The maximum Gasteiger partial charge on any atom is 0.318 e. The first kappa shape index (κ1) is 12.4. The third-order valence-corrected chi connectivity index (χ3v) is 3.20. The van der Waals surface area contributed by atoms with E-state index in [9.17, 15) is 4.79 Å². The number of hydrogen-bond acceptors (Lipinski definition) is 2. The highest BCUT2D eigenvalue weighted by Crippen LogP contribution is 2.16. The molecule has 1 aromatic carbocycles. The molecular weight excluding hydrogens is 226 g/mol. The SMILES string of the molecule is N#CC1CCCCN1C(=O)NCc1ccccc1. The number of nitrogens with one attached hydrogen (secondary N) is 1. The molecule has 4 heteroatoms. The van der Waals surface area contributed by atoms with Gasteiger partial charge in [-0.2, -0.15) is 5.26 Å². The fourth-order valence-electron chi connectivity index (χ4n) is 2.18. The Morgan fingerprint density at radius 1 is 1.39 bits per heavy atom. The van der Waals surface area contributed by atoms with Crippen molar-refractivity contribution in [3.63, 3.8) is 0 Å². The summed E-state index contributed by atoms with van der Waals surface area (Å²) in [6.45, 7) is 1.19. The van der Waals surface area contributed by atoms with Crippen LogP contribution in [0.2, 0.25) is 0 Å².